The molecule has 21 heavy (non-hydrogen) atoms. The van der Waals surface area contributed by atoms with Gasteiger partial charge in [-0.2, -0.15) is 0 Å². The highest BCUT2D eigenvalue weighted by Gasteiger charge is 2.17. The SMILES string of the molecule is CC(C)N(CCNS(=O)(=O)c1ccc(Br)c(N)c1)C(C)C. The summed E-state index contributed by atoms with van der Waals surface area (Å²) in [7, 11) is -3.52. The van der Waals surface area contributed by atoms with Crippen molar-refractivity contribution in [3.63, 3.8) is 0 Å². The van der Waals surface area contributed by atoms with Crippen LogP contribution in [0.1, 0.15) is 27.7 Å². The van der Waals surface area contributed by atoms with Crippen molar-refractivity contribution in [1.29, 1.82) is 0 Å². The normalized spacial score (nSPS) is 12.6. The maximum Gasteiger partial charge on any atom is 0.240 e. The Balaban J connectivity index is 2.71. The quantitative estimate of drug-likeness (QED) is 0.715. The lowest BCUT2D eigenvalue weighted by Crippen LogP contribution is -2.42. The Hall–Kier alpha value is -0.630. The molecule has 1 rings (SSSR count). The minimum atomic E-state index is -3.52. The van der Waals surface area contributed by atoms with Gasteiger partial charge in [0.1, 0.15) is 0 Å². The zero-order chi connectivity index (χ0) is 16.2. The van der Waals surface area contributed by atoms with Crippen molar-refractivity contribution in [3.05, 3.63) is 22.7 Å². The Bertz CT molecular complexity index is 566. The molecule has 5 nitrogen and oxygen atoms in total. The number of hydrogen-bond donors (Lipinski definition) is 2. The molecule has 7 heteroatoms. The zero-order valence-corrected chi connectivity index (χ0v) is 15.3. The molecular weight excluding hydrogens is 354 g/mol. The van der Waals surface area contributed by atoms with Gasteiger partial charge in [-0.1, -0.05) is 0 Å². The van der Waals surface area contributed by atoms with Gasteiger partial charge in [0.05, 0.1) is 4.90 Å². The molecule has 3 N–H and O–H groups in total. The topological polar surface area (TPSA) is 75.4 Å². The summed E-state index contributed by atoms with van der Waals surface area (Å²) in [5, 5.41) is 0. The molecule has 0 aromatic heterocycles. The summed E-state index contributed by atoms with van der Waals surface area (Å²) >= 11 is 3.25. The van der Waals surface area contributed by atoms with Gasteiger partial charge in [-0.05, 0) is 61.8 Å². The van der Waals surface area contributed by atoms with Crippen LogP contribution < -0.4 is 10.5 Å². The van der Waals surface area contributed by atoms with E-state index in [1.54, 1.807) is 6.07 Å². The fourth-order valence-electron chi connectivity index (χ4n) is 2.19. The number of anilines is 1. The second-order valence-corrected chi connectivity index (χ2v) is 8.13. The maximum atomic E-state index is 12.2. The van der Waals surface area contributed by atoms with Crippen LogP contribution in [0.3, 0.4) is 0 Å². The lowest BCUT2D eigenvalue weighted by atomic mass is 10.2. The molecule has 0 spiro atoms. The fourth-order valence-corrected chi connectivity index (χ4v) is 3.50. The van der Waals surface area contributed by atoms with E-state index in [1.165, 1.54) is 12.1 Å². The molecule has 0 atom stereocenters. The summed E-state index contributed by atoms with van der Waals surface area (Å²) in [4.78, 5) is 2.42. The van der Waals surface area contributed by atoms with Crippen LogP contribution in [0.25, 0.3) is 0 Å². The van der Waals surface area contributed by atoms with Crippen LogP contribution in [0.15, 0.2) is 27.6 Å². The molecule has 0 saturated carbocycles. The van der Waals surface area contributed by atoms with Gasteiger partial charge < -0.3 is 5.73 Å². The van der Waals surface area contributed by atoms with E-state index in [9.17, 15) is 8.42 Å². The van der Waals surface area contributed by atoms with Crippen molar-refractivity contribution in [1.82, 2.24) is 9.62 Å². The van der Waals surface area contributed by atoms with Crippen molar-refractivity contribution >= 4 is 31.6 Å². The first-order valence-corrected chi connectivity index (χ1v) is 9.23. The van der Waals surface area contributed by atoms with Gasteiger partial charge in [-0.3, -0.25) is 4.90 Å². The average molecular weight is 378 g/mol. The van der Waals surface area contributed by atoms with E-state index in [4.69, 9.17) is 5.73 Å². The van der Waals surface area contributed by atoms with Crippen LogP contribution in [0.5, 0.6) is 0 Å². The van der Waals surface area contributed by atoms with E-state index >= 15 is 0 Å². The Labute approximate surface area is 136 Å². The fraction of sp³-hybridized carbons (Fsp3) is 0.571. The molecule has 0 saturated heterocycles. The maximum absolute atomic E-state index is 12.2. The van der Waals surface area contributed by atoms with Crippen LogP contribution >= 0.6 is 15.9 Å². The summed E-state index contributed by atoms with van der Waals surface area (Å²) in [5.74, 6) is 0. The highest BCUT2D eigenvalue weighted by atomic mass is 79.9. The van der Waals surface area contributed by atoms with Gasteiger partial charge in [0.15, 0.2) is 0 Å². The number of benzene rings is 1. The lowest BCUT2D eigenvalue weighted by Gasteiger charge is -2.30. The third-order valence-corrected chi connectivity index (χ3v) is 5.45. The zero-order valence-electron chi connectivity index (χ0n) is 12.9. The minimum absolute atomic E-state index is 0.184. The first kappa shape index (κ1) is 18.4. The number of nitrogens with zero attached hydrogens (tertiary/aromatic N) is 1. The average Bonchev–Trinajstić information content (AvgIpc) is 2.36. The molecule has 1 aromatic carbocycles. The number of sulfonamides is 1. The lowest BCUT2D eigenvalue weighted by molar-refractivity contribution is 0.179. The Morgan fingerprint density at radius 2 is 1.81 bits per heavy atom. The van der Waals surface area contributed by atoms with Gasteiger partial charge in [0.2, 0.25) is 10.0 Å². The number of nitrogens with two attached hydrogens (primary N) is 1. The predicted octanol–water partition coefficient (Wildman–Crippen LogP) is 2.43. The molecule has 1 aromatic rings. The van der Waals surface area contributed by atoms with Gasteiger partial charge >= 0.3 is 0 Å². The van der Waals surface area contributed by atoms with Crippen LogP contribution in [-0.4, -0.2) is 38.5 Å². The number of rotatable bonds is 7. The molecule has 120 valence electrons. The molecule has 0 aliphatic rings. The molecule has 0 fully saturated rings. The third-order valence-electron chi connectivity index (χ3n) is 3.27. The largest absolute Gasteiger partial charge is 0.398 e. The van der Waals surface area contributed by atoms with E-state index in [0.29, 0.717) is 35.3 Å². The van der Waals surface area contributed by atoms with Crippen molar-refractivity contribution in [2.24, 2.45) is 0 Å². The van der Waals surface area contributed by atoms with Crippen LogP contribution in [-0.2, 0) is 10.0 Å². The van der Waals surface area contributed by atoms with E-state index in [2.05, 4.69) is 53.2 Å². The van der Waals surface area contributed by atoms with Crippen LogP contribution in [0.4, 0.5) is 5.69 Å². The van der Waals surface area contributed by atoms with Crippen molar-refractivity contribution < 1.29 is 8.42 Å². The molecule has 0 aliphatic carbocycles. The second kappa shape index (κ2) is 7.58. The molecule has 0 unspecified atom stereocenters. The first-order valence-electron chi connectivity index (χ1n) is 6.95. The smallest absolute Gasteiger partial charge is 0.240 e. The number of hydrogen-bond acceptors (Lipinski definition) is 4. The van der Waals surface area contributed by atoms with E-state index in [0.717, 1.165) is 0 Å². The van der Waals surface area contributed by atoms with Crippen LogP contribution in [0.2, 0.25) is 0 Å². The van der Waals surface area contributed by atoms with Gasteiger partial charge in [0, 0.05) is 35.3 Å². The predicted molar refractivity (Wildman–Crippen MR) is 90.7 cm³/mol. The second-order valence-electron chi connectivity index (χ2n) is 5.51. The van der Waals surface area contributed by atoms with Crippen molar-refractivity contribution in [2.75, 3.05) is 18.8 Å². The van der Waals surface area contributed by atoms with Crippen molar-refractivity contribution in [2.45, 2.75) is 44.7 Å². The monoisotopic (exact) mass is 377 g/mol. The summed E-state index contributed by atoms with van der Waals surface area (Å²) < 4.78 is 27.7. The standard InChI is InChI=1S/C14H24BrN3O2S/c1-10(2)18(11(3)4)8-7-17-21(19,20)12-5-6-13(15)14(16)9-12/h5-6,9-11,17H,7-8,16H2,1-4H3. The number of nitrogens with one attached hydrogen (secondary N) is 1. The molecular formula is C14H24BrN3O2S. The van der Waals surface area contributed by atoms with Crippen molar-refractivity contribution in [3.8, 4) is 0 Å². The summed E-state index contributed by atoms with van der Waals surface area (Å²) in [6.07, 6.45) is 0. The third kappa shape index (κ3) is 5.25. The highest BCUT2D eigenvalue weighted by Crippen LogP contribution is 2.22. The summed E-state index contributed by atoms with van der Waals surface area (Å²) in [5.41, 5.74) is 6.13. The summed E-state index contributed by atoms with van der Waals surface area (Å²) in [6.45, 7) is 9.44. The minimum Gasteiger partial charge on any atom is -0.398 e. The first-order chi connectivity index (χ1) is 9.65. The van der Waals surface area contributed by atoms with Gasteiger partial charge in [-0.15, -0.1) is 0 Å². The van der Waals surface area contributed by atoms with Gasteiger partial charge in [0.25, 0.3) is 0 Å². The Morgan fingerprint density at radius 3 is 2.29 bits per heavy atom. The van der Waals surface area contributed by atoms with E-state index in [-0.39, 0.29) is 4.90 Å². The van der Waals surface area contributed by atoms with Gasteiger partial charge in [-0.25, -0.2) is 13.1 Å². The molecule has 0 bridgehead atoms. The number of nitrogen functional groups attached to an aromatic ring is 1. The van der Waals surface area contributed by atoms with Crippen LogP contribution in [0, 0.1) is 0 Å². The number of halogens is 1. The van der Waals surface area contributed by atoms with E-state index in [1.807, 2.05) is 0 Å². The highest BCUT2D eigenvalue weighted by molar-refractivity contribution is 9.10. The summed E-state index contributed by atoms with van der Waals surface area (Å²) in [6, 6.07) is 5.37. The molecule has 0 radical (unpaired) electrons. The Kier molecular flexibility index (Phi) is 6.65. The molecule has 0 heterocycles. The molecule has 0 amide bonds. The van der Waals surface area contributed by atoms with E-state index < -0.39 is 10.0 Å². The Morgan fingerprint density at radius 1 is 1.24 bits per heavy atom. The molecule has 0 aliphatic heterocycles.